The Bertz CT molecular complexity index is 1170. The predicted molar refractivity (Wildman–Crippen MR) is 116 cm³/mol. The molecule has 3 aromatic rings. The van der Waals surface area contributed by atoms with Gasteiger partial charge in [0, 0.05) is 6.07 Å². The van der Waals surface area contributed by atoms with E-state index in [4.69, 9.17) is 9.47 Å². The van der Waals surface area contributed by atoms with Gasteiger partial charge >= 0.3 is 0 Å². The van der Waals surface area contributed by atoms with Crippen molar-refractivity contribution in [2.75, 3.05) is 30.4 Å². The van der Waals surface area contributed by atoms with Gasteiger partial charge in [0.1, 0.15) is 23.9 Å². The summed E-state index contributed by atoms with van der Waals surface area (Å²) < 4.78 is 52.1. The molecule has 0 aromatic heterocycles. The molecule has 0 spiro atoms. The maximum absolute atomic E-state index is 14.5. The van der Waals surface area contributed by atoms with Gasteiger partial charge in [0.2, 0.25) is 5.91 Å². The number of carbonyl (C=O) groups is 1. The van der Waals surface area contributed by atoms with Gasteiger partial charge in [-0.1, -0.05) is 30.3 Å². The molecule has 0 atom stereocenters. The molecule has 0 fully saturated rings. The fourth-order valence-corrected chi connectivity index (χ4v) is 4.36. The summed E-state index contributed by atoms with van der Waals surface area (Å²) in [6.45, 7) is -0.654. The number of hydrogen-bond donors (Lipinski definition) is 1. The fourth-order valence-electron chi connectivity index (χ4n) is 2.91. The molecule has 0 aliphatic heterocycles. The maximum Gasteiger partial charge on any atom is 0.264 e. The van der Waals surface area contributed by atoms with Crippen molar-refractivity contribution in [1.29, 1.82) is 0 Å². The van der Waals surface area contributed by atoms with E-state index in [0.29, 0.717) is 11.5 Å². The van der Waals surface area contributed by atoms with Gasteiger partial charge in [0.25, 0.3) is 10.0 Å². The quantitative estimate of drug-likeness (QED) is 0.573. The number of halogens is 1. The first-order chi connectivity index (χ1) is 14.9. The number of hydrogen-bond acceptors (Lipinski definition) is 5. The molecule has 0 saturated carbocycles. The lowest BCUT2D eigenvalue weighted by atomic mass is 10.2. The van der Waals surface area contributed by atoms with Gasteiger partial charge in [-0.3, -0.25) is 9.10 Å². The number of ether oxygens (including phenoxy) is 2. The van der Waals surface area contributed by atoms with Crippen molar-refractivity contribution in [3.8, 4) is 11.5 Å². The highest BCUT2D eigenvalue weighted by Gasteiger charge is 2.29. The fraction of sp³-hybridized carbons (Fsp3) is 0.136. The van der Waals surface area contributed by atoms with Crippen molar-refractivity contribution in [3.63, 3.8) is 0 Å². The average molecular weight is 444 g/mol. The largest absolute Gasteiger partial charge is 0.497 e. The molecule has 31 heavy (non-hydrogen) atoms. The van der Waals surface area contributed by atoms with Crippen LogP contribution in [0, 0.1) is 5.82 Å². The van der Waals surface area contributed by atoms with Crippen LogP contribution in [0.1, 0.15) is 0 Å². The van der Waals surface area contributed by atoms with Crippen LogP contribution in [0.4, 0.5) is 15.8 Å². The molecule has 0 aliphatic carbocycles. The minimum atomic E-state index is -4.22. The molecule has 0 saturated heterocycles. The second kappa shape index (κ2) is 9.48. The zero-order chi connectivity index (χ0) is 22.4. The molecular formula is C22H21FN2O5S. The summed E-state index contributed by atoms with van der Waals surface area (Å²) >= 11 is 0. The molecule has 0 aliphatic rings. The lowest BCUT2D eigenvalue weighted by Gasteiger charge is -2.24. The van der Waals surface area contributed by atoms with Crippen molar-refractivity contribution < 1.29 is 27.1 Å². The molecule has 0 radical (unpaired) electrons. The van der Waals surface area contributed by atoms with Gasteiger partial charge in [-0.15, -0.1) is 0 Å². The summed E-state index contributed by atoms with van der Waals surface area (Å²) in [5.41, 5.74) is 0.0524. The second-order valence-electron chi connectivity index (χ2n) is 6.39. The lowest BCUT2D eigenvalue weighted by Crippen LogP contribution is -2.38. The Morgan fingerprint density at radius 3 is 2.29 bits per heavy atom. The van der Waals surface area contributed by atoms with Gasteiger partial charge in [0.05, 0.1) is 30.5 Å². The minimum absolute atomic E-state index is 0.0648. The number of amides is 1. The number of para-hydroxylation sites is 1. The first-order valence-electron chi connectivity index (χ1n) is 9.21. The molecule has 0 heterocycles. The minimum Gasteiger partial charge on any atom is -0.497 e. The Kier molecular flexibility index (Phi) is 6.76. The number of anilines is 2. The van der Waals surface area contributed by atoms with Crippen molar-refractivity contribution in [2.45, 2.75) is 4.90 Å². The van der Waals surface area contributed by atoms with Gasteiger partial charge in [-0.2, -0.15) is 0 Å². The zero-order valence-electron chi connectivity index (χ0n) is 16.9. The van der Waals surface area contributed by atoms with E-state index in [-0.39, 0.29) is 16.3 Å². The van der Waals surface area contributed by atoms with Gasteiger partial charge < -0.3 is 14.8 Å². The Morgan fingerprint density at radius 1 is 0.968 bits per heavy atom. The van der Waals surface area contributed by atoms with Crippen LogP contribution in [0.25, 0.3) is 0 Å². The molecule has 0 bridgehead atoms. The Hall–Kier alpha value is -3.59. The van der Waals surface area contributed by atoms with E-state index in [0.717, 1.165) is 10.4 Å². The van der Waals surface area contributed by atoms with Crippen LogP contribution in [0.15, 0.2) is 77.7 Å². The molecule has 3 rings (SSSR count). The molecular weight excluding hydrogens is 423 g/mol. The summed E-state index contributed by atoms with van der Waals surface area (Å²) in [5, 5.41) is 2.61. The number of rotatable bonds is 8. The molecule has 1 N–H and O–H groups in total. The van der Waals surface area contributed by atoms with Gasteiger partial charge in [0.15, 0.2) is 0 Å². The third-order valence-electron chi connectivity index (χ3n) is 4.42. The van der Waals surface area contributed by atoms with Crippen LogP contribution in [0.3, 0.4) is 0 Å². The monoisotopic (exact) mass is 444 g/mol. The number of carbonyl (C=O) groups excluding carboxylic acids is 1. The van der Waals surface area contributed by atoms with Crippen LogP contribution in [-0.4, -0.2) is 35.1 Å². The second-order valence-corrected chi connectivity index (χ2v) is 8.25. The van der Waals surface area contributed by atoms with Crippen LogP contribution in [-0.2, 0) is 14.8 Å². The van der Waals surface area contributed by atoms with E-state index < -0.39 is 28.3 Å². The SMILES string of the molecule is COc1ccc(OC)c(NC(=O)CN(c2ccccc2F)S(=O)(=O)c2ccccc2)c1. The van der Waals surface area contributed by atoms with Crippen LogP contribution < -0.4 is 19.1 Å². The van der Waals surface area contributed by atoms with E-state index in [1.165, 1.54) is 50.6 Å². The number of nitrogens with zero attached hydrogens (tertiary/aromatic N) is 1. The smallest absolute Gasteiger partial charge is 0.264 e. The number of nitrogens with one attached hydrogen (secondary N) is 1. The van der Waals surface area contributed by atoms with E-state index in [2.05, 4.69) is 5.32 Å². The first-order valence-corrected chi connectivity index (χ1v) is 10.6. The third-order valence-corrected chi connectivity index (χ3v) is 6.19. The molecule has 1 amide bonds. The number of methoxy groups -OCH3 is 2. The van der Waals surface area contributed by atoms with E-state index in [1.54, 1.807) is 30.3 Å². The van der Waals surface area contributed by atoms with E-state index in [1.807, 2.05) is 0 Å². The highest BCUT2D eigenvalue weighted by molar-refractivity contribution is 7.92. The van der Waals surface area contributed by atoms with Crippen molar-refractivity contribution in [3.05, 3.63) is 78.6 Å². The maximum atomic E-state index is 14.5. The summed E-state index contributed by atoms with van der Waals surface area (Å²) in [5.74, 6) is -0.625. The highest BCUT2D eigenvalue weighted by Crippen LogP contribution is 2.30. The predicted octanol–water partition coefficient (Wildman–Crippen LogP) is 3.68. The van der Waals surface area contributed by atoms with Crippen LogP contribution in [0.5, 0.6) is 11.5 Å². The molecule has 0 unspecified atom stereocenters. The highest BCUT2D eigenvalue weighted by atomic mass is 32.2. The van der Waals surface area contributed by atoms with Crippen LogP contribution >= 0.6 is 0 Å². The summed E-state index contributed by atoms with van der Waals surface area (Å²) in [7, 11) is -1.31. The first kappa shape index (κ1) is 22.1. The molecule has 162 valence electrons. The molecule has 3 aromatic carbocycles. The summed E-state index contributed by atoms with van der Waals surface area (Å²) in [6.07, 6.45) is 0. The molecule has 9 heteroatoms. The lowest BCUT2D eigenvalue weighted by molar-refractivity contribution is -0.114. The van der Waals surface area contributed by atoms with Crippen molar-refractivity contribution in [1.82, 2.24) is 0 Å². The molecule has 7 nitrogen and oxygen atoms in total. The average Bonchev–Trinajstić information content (AvgIpc) is 2.78. The van der Waals surface area contributed by atoms with Crippen LogP contribution in [0.2, 0.25) is 0 Å². The normalized spacial score (nSPS) is 10.9. The Balaban J connectivity index is 1.97. The third kappa shape index (κ3) is 4.95. The van der Waals surface area contributed by atoms with Gasteiger partial charge in [-0.25, -0.2) is 12.8 Å². The Labute approximate surface area is 180 Å². The zero-order valence-corrected chi connectivity index (χ0v) is 17.7. The van der Waals surface area contributed by atoms with E-state index >= 15 is 0 Å². The summed E-state index contributed by atoms with van der Waals surface area (Å²) in [6, 6.07) is 17.7. The van der Waals surface area contributed by atoms with Gasteiger partial charge in [-0.05, 0) is 36.4 Å². The number of sulfonamides is 1. The topological polar surface area (TPSA) is 84.9 Å². The van der Waals surface area contributed by atoms with E-state index in [9.17, 15) is 17.6 Å². The van der Waals surface area contributed by atoms with Crippen molar-refractivity contribution >= 4 is 27.3 Å². The summed E-state index contributed by atoms with van der Waals surface area (Å²) in [4.78, 5) is 12.8. The number of benzene rings is 3. The van der Waals surface area contributed by atoms with Crippen molar-refractivity contribution in [2.24, 2.45) is 0 Å². The standard InChI is InChI=1S/C22H21FN2O5S/c1-29-16-12-13-21(30-2)19(14-16)24-22(26)15-25(20-11-7-6-10-18(20)23)31(27,28)17-8-4-3-5-9-17/h3-14H,15H2,1-2H3,(H,24,26). The Morgan fingerprint density at radius 2 is 1.65 bits per heavy atom.